The van der Waals surface area contributed by atoms with Crippen molar-refractivity contribution < 1.29 is 89.2 Å². The molecule has 5 aromatic rings. The molecule has 86 heavy (non-hydrogen) atoms. The molecule has 3 saturated heterocycles. The number of hydrogen-bond acceptors (Lipinski definition) is 23. The molecular weight excluding hydrogens is 1180 g/mol. The maximum Gasteiger partial charge on any atom is 0.412 e. The number of benzene rings is 1. The number of anilines is 2. The van der Waals surface area contributed by atoms with E-state index in [1.807, 2.05) is 0 Å². The van der Waals surface area contributed by atoms with Crippen LogP contribution in [0.1, 0.15) is 64.7 Å². The third kappa shape index (κ3) is 14.5. The lowest BCUT2D eigenvalue weighted by Crippen LogP contribution is -2.53. The number of imidazole rings is 1. The lowest BCUT2D eigenvalue weighted by molar-refractivity contribution is -0.137. The first kappa shape index (κ1) is 62.7. The number of carbonyl (C=O) groups excluding carboxylic acids is 7. The average molecular weight is 1240 g/mol. The molecule has 0 aliphatic carbocycles. The predicted molar refractivity (Wildman–Crippen MR) is 295 cm³/mol. The average Bonchev–Trinajstić information content (AvgIpc) is 1.71. The number of fused-ring (bicyclic) bond motifs is 5. The Kier molecular flexibility index (Phi) is 20.2. The maximum atomic E-state index is 15.1. The van der Waals surface area contributed by atoms with Crippen LogP contribution in [-0.4, -0.2) is 174 Å². The fourth-order valence-electron chi connectivity index (χ4n) is 9.65. The highest BCUT2D eigenvalue weighted by atomic mass is 31.1. The Morgan fingerprint density at radius 3 is 2.40 bits per heavy atom. The number of amides is 7. The standard InChI is InChI=1S/C51H62FN13O19P2/c1-27(2)40(60-35(66)8-6-5-7-15-63-36(67)13-14-37(63)68)48(72)58-28(3)46(70)59-30-11-9-29(10-12-30)20-78-50(74)62(4)16-17-77-49(73)61-43-41-45(55-24-53-43)64(26-57-41)38-18-32-33(82-38)21-81-86(76)84-51(23-79-34(42(51)69)22-80-85(75)83-32)65-19-31(52)39-44(65)54-25-56-47(39)71/h9-14,19,24-28,32-34,38,40,42,69,85-86H,5-8,15-18,20-23H2,1-4H3,(H,58,72)(H,59,70)(H,60,66)(H,54,56,71)(H,53,55,61,73)/t28-,32-,33+,34+,38+,40-,42+,51-/m0/s1. The Morgan fingerprint density at radius 1 is 0.895 bits per heavy atom. The largest absolute Gasteiger partial charge is 0.447 e. The molecule has 8 heterocycles. The van der Waals surface area contributed by atoms with Gasteiger partial charge in [-0.2, -0.15) is 0 Å². The summed E-state index contributed by atoms with van der Waals surface area (Å²) in [5.41, 5.74) is -1.99. The summed E-state index contributed by atoms with van der Waals surface area (Å²) in [6.07, 6.45) is 0.806. The lowest BCUT2D eigenvalue weighted by atomic mass is 10.0. The molecule has 9 rings (SSSR count). The number of aromatic nitrogens is 7. The zero-order chi connectivity index (χ0) is 61.4. The molecule has 0 saturated carbocycles. The first-order valence-corrected chi connectivity index (χ1v) is 29.6. The SMILES string of the molecule is CC(C)[C@H](NC(=O)CCCCCN1C(=O)C=CC1=O)C(=O)N[C@@H](C)C(=O)Nc1ccc(COC(=O)N(C)CCOC(=O)Nc2ncnc3c2ncn3[C@H]2C[C@@H]3O[PH](=O)OC[C@H]4OC[C@](n5cc(F)c6c(=O)[nH]cnc65)(O[PH](=O)OC[C@H]3O2)[C@@H]4O)cc1. The number of rotatable bonds is 20. The van der Waals surface area contributed by atoms with E-state index in [1.54, 1.807) is 38.1 Å². The molecule has 32 nitrogen and oxygen atoms in total. The van der Waals surface area contributed by atoms with Crippen molar-refractivity contribution in [1.29, 1.82) is 0 Å². The second-order valence-corrected chi connectivity index (χ2v) is 22.6. The van der Waals surface area contributed by atoms with E-state index in [0.29, 0.717) is 30.5 Å². The van der Waals surface area contributed by atoms with Crippen LogP contribution in [0, 0.1) is 11.7 Å². The third-order valence-corrected chi connectivity index (χ3v) is 16.2. The van der Waals surface area contributed by atoms with Gasteiger partial charge in [-0.1, -0.05) is 32.4 Å². The topological polar surface area (TPSA) is 397 Å². The number of hydrogen-bond donors (Lipinski definition) is 6. The van der Waals surface area contributed by atoms with Crippen molar-refractivity contribution >= 4 is 91.9 Å². The van der Waals surface area contributed by atoms with Crippen LogP contribution in [0.2, 0.25) is 0 Å². The van der Waals surface area contributed by atoms with E-state index in [-0.39, 0.29) is 85.4 Å². The number of likely N-dealkylation sites (N-methyl/N-ethyl adjacent to an activating group) is 1. The summed E-state index contributed by atoms with van der Waals surface area (Å²) in [4.78, 5) is 122. The number of ether oxygens (including phenoxy) is 4. The molecule has 0 spiro atoms. The summed E-state index contributed by atoms with van der Waals surface area (Å²) in [6, 6.07) is 4.51. The van der Waals surface area contributed by atoms with Crippen molar-refractivity contribution in [2.75, 3.05) is 57.2 Å². The molecule has 4 aliphatic heterocycles. The zero-order valence-corrected chi connectivity index (χ0v) is 48.6. The smallest absolute Gasteiger partial charge is 0.412 e. The van der Waals surface area contributed by atoms with Gasteiger partial charge in [0.2, 0.25) is 23.4 Å². The van der Waals surface area contributed by atoms with E-state index in [2.05, 4.69) is 46.2 Å². The van der Waals surface area contributed by atoms with Gasteiger partial charge in [-0.15, -0.1) is 0 Å². The normalized spacial score (nSPS) is 23.9. The Labute approximate surface area is 488 Å². The fourth-order valence-corrected chi connectivity index (χ4v) is 11.4. The van der Waals surface area contributed by atoms with Gasteiger partial charge in [0.15, 0.2) is 28.4 Å². The van der Waals surface area contributed by atoms with Crippen LogP contribution >= 0.6 is 16.5 Å². The van der Waals surface area contributed by atoms with Crippen molar-refractivity contribution in [2.45, 2.75) is 108 Å². The number of aliphatic hydroxyl groups is 1. The first-order valence-electron chi connectivity index (χ1n) is 27.1. The van der Waals surface area contributed by atoms with E-state index >= 15 is 4.39 Å². The third-order valence-electron chi connectivity index (χ3n) is 14.3. The summed E-state index contributed by atoms with van der Waals surface area (Å²) < 4.78 is 89.8. The Bertz CT molecular complexity index is 3490. The van der Waals surface area contributed by atoms with Crippen LogP contribution < -0.4 is 26.8 Å². The van der Waals surface area contributed by atoms with Gasteiger partial charge in [0, 0.05) is 50.5 Å². The summed E-state index contributed by atoms with van der Waals surface area (Å²) >= 11 is 0. The van der Waals surface area contributed by atoms with Gasteiger partial charge in [-0.25, -0.2) is 33.9 Å². The molecule has 4 aliphatic rings. The Hall–Kier alpha value is -7.87. The molecule has 462 valence electrons. The molecule has 4 aromatic heterocycles. The highest BCUT2D eigenvalue weighted by Crippen LogP contribution is 2.47. The summed E-state index contributed by atoms with van der Waals surface area (Å²) in [5, 5.41) is 21.6. The van der Waals surface area contributed by atoms with E-state index in [0.717, 1.165) is 28.3 Å². The lowest BCUT2D eigenvalue weighted by Gasteiger charge is -2.33. The summed E-state index contributed by atoms with van der Waals surface area (Å²) in [5.74, 6) is -3.51. The highest BCUT2D eigenvalue weighted by molar-refractivity contribution is 7.33. The zero-order valence-electron chi connectivity index (χ0n) is 46.6. The molecule has 3 fully saturated rings. The first-order chi connectivity index (χ1) is 41.2. The van der Waals surface area contributed by atoms with Crippen LogP contribution in [-0.2, 0) is 82.5 Å². The number of halogens is 1. The minimum Gasteiger partial charge on any atom is -0.447 e. The van der Waals surface area contributed by atoms with Gasteiger partial charge in [0.25, 0.3) is 17.4 Å². The van der Waals surface area contributed by atoms with Crippen LogP contribution in [0.15, 0.2) is 66.4 Å². The minimum absolute atomic E-state index is 0.00486. The Balaban J connectivity index is 0.699. The molecular formula is C51H62FN13O19P2. The van der Waals surface area contributed by atoms with E-state index < -0.39 is 126 Å². The second-order valence-electron chi connectivity index (χ2n) is 20.6. The molecule has 2 unspecified atom stereocenters. The molecule has 10 atom stereocenters. The minimum atomic E-state index is -3.63. The molecule has 0 radical (unpaired) electrons. The van der Waals surface area contributed by atoms with Gasteiger partial charge >= 0.3 is 28.7 Å². The van der Waals surface area contributed by atoms with E-state index in [4.69, 9.17) is 37.0 Å². The summed E-state index contributed by atoms with van der Waals surface area (Å²) in [7, 11) is -5.56. The fraction of sp³-hybridized carbons (Fsp3) is 0.490. The molecule has 2 bridgehead atoms. The number of aliphatic hydroxyl groups excluding tert-OH is 1. The van der Waals surface area contributed by atoms with Gasteiger partial charge in [-0.05, 0) is 43.4 Å². The quantitative estimate of drug-likeness (QED) is 0.0370. The van der Waals surface area contributed by atoms with Crippen molar-refractivity contribution in [3.63, 3.8) is 0 Å². The van der Waals surface area contributed by atoms with E-state index in [1.165, 1.54) is 41.9 Å². The molecule has 1 aromatic carbocycles. The molecule has 35 heteroatoms. The Morgan fingerprint density at radius 2 is 1.64 bits per heavy atom. The number of nitrogens with one attached hydrogen (secondary N) is 5. The van der Waals surface area contributed by atoms with Gasteiger partial charge < -0.3 is 63.5 Å². The van der Waals surface area contributed by atoms with Gasteiger partial charge in [0.1, 0.15) is 61.6 Å². The monoisotopic (exact) mass is 1240 g/mol. The van der Waals surface area contributed by atoms with Crippen LogP contribution in [0.25, 0.3) is 22.2 Å². The number of aromatic amines is 1. The number of imide groups is 1. The van der Waals surface area contributed by atoms with Crippen LogP contribution in [0.5, 0.6) is 0 Å². The van der Waals surface area contributed by atoms with Crippen LogP contribution in [0.4, 0.5) is 25.5 Å². The van der Waals surface area contributed by atoms with Gasteiger partial charge in [0.05, 0.1) is 45.1 Å². The van der Waals surface area contributed by atoms with Crippen LogP contribution in [0.3, 0.4) is 0 Å². The highest BCUT2D eigenvalue weighted by Gasteiger charge is 2.55. The van der Waals surface area contributed by atoms with E-state index in [9.17, 15) is 52.6 Å². The summed E-state index contributed by atoms with van der Waals surface area (Å²) in [6.45, 7) is 3.24. The van der Waals surface area contributed by atoms with Gasteiger partial charge in [-0.3, -0.25) is 61.8 Å². The molecule has 7 amide bonds. The molecule has 6 N–H and O–H groups in total. The number of carbonyl (C=O) groups is 7. The predicted octanol–water partition coefficient (Wildman–Crippen LogP) is 2.52. The van der Waals surface area contributed by atoms with Crippen molar-refractivity contribution in [2.24, 2.45) is 5.92 Å². The number of unbranched alkanes of at least 4 members (excludes halogenated alkanes) is 2. The number of nitrogens with zero attached hydrogens (tertiary/aromatic N) is 8. The maximum absolute atomic E-state index is 15.1. The van der Waals surface area contributed by atoms with Crippen molar-refractivity contribution in [3.8, 4) is 0 Å². The number of H-pyrrole nitrogens is 1. The second kappa shape index (κ2) is 27.7. The van der Waals surface area contributed by atoms with Crippen molar-refractivity contribution in [3.05, 3.63) is 83.3 Å². The van der Waals surface area contributed by atoms with Crippen molar-refractivity contribution in [1.82, 2.24) is 54.5 Å².